The van der Waals surface area contributed by atoms with E-state index in [0.717, 1.165) is 12.0 Å². The number of benzene rings is 1. The topological polar surface area (TPSA) is 84.9 Å². The van der Waals surface area contributed by atoms with Gasteiger partial charge < -0.3 is 10.5 Å². The molecule has 104 valence electrons. The Balaban J connectivity index is 2.32. The van der Waals surface area contributed by atoms with Crippen molar-refractivity contribution in [2.24, 2.45) is 5.73 Å². The Labute approximate surface area is 122 Å². The van der Waals surface area contributed by atoms with Gasteiger partial charge in [-0.2, -0.15) is 4.98 Å². The molecule has 0 bridgehead atoms. The molecule has 0 aliphatic rings. The molecule has 2 rings (SSSR count). The maximum atomic E-state index is 7.41. The quantitative estimate of drug-likeness (QED) is 0.669. The highest BCUT2D eigenvalue weighted by Crippen LogP contribution is 2.25. The first kappa shape index (κ1) is 14.3. The first-order valence-electron chi connectivity index (χ1n) is 6.16. The molecule has 6 heteroatoms. The van der Waals surface area contributed by atoms with E-state index < -0.39 is 0 Å². The standard InChI is InChI=1S/C14H15ClN4O/c1-3-9-7-10(4-5-11(9)15)20-14-18-8(2)6-12(19-14)13(16)17/h4-7H,3H2,1-2H3,(H3,16,17). The van der Waals surface area contributed by atoms with E-state index in [9.17, 15) is 0 Å². The fourth-order valence-electron chi connectivity index (χ4n) is 1.72. The maximum absolute atomic E-state index is 7.41. The van der Waals surface area contributed by atoms with Crippen LogP contribution < -0.4 is 10.5 Å². The minimum absolute atomic E-state index is 0.120. The molecule has 0 aliphatic carbocycles. The van der Waals surface area contributed by atoms with Crippen LogP contribution in [0, 0.1) is 12.3 Å². The summed E-state index contributed by atoms with van der Waals surface area (Å²) in [7, 11) is 0. The summed E-state index contributed by atoms with van der Waals surface area (Å²) in [4.78, 5) is 8.26. The lowest BCUT2D eigenvalue weighted by Crippen LogP contribution is -2.14. The molecule has 0 aliphatic heterocycles. The summed E-state index contributed by atoms with van der Waals surface area (Å²) >= 11 is 6.06. The van der Waals surface area contributed by atoms with Gasteiger partial charge in [0.2, 0.25) is 0 Å². The number of amidine groups is 1. The van der Waals surface area contributed by atoms with Crippen LogP contribution in [-0.4, -0.2) is 15.8 Å². The van der Waals surface area contributed by atoms with Crippen molar-refractivity contribution in [3.8, 4) is 11.8 Å². The van der Waals surface area contributed by atoms with Gasteiger partial charge in [-0.25, -0.2) is 4.98 Å². The largest absolute Gasteiger partial charge is 0.424 e. The van der Waals surface area contributed by atoms with Crippen molar-refractivity contribution in [1.82, 2.24) is 9.97 Å². The Kier molecular flexibility index (Phi) is 4.20. The van der Waals surface area contributed by atoms with Crippen molar-refractivity contribution in [3.63, 3.8) is 0 Å². The van der Waals surface area contributed by atoms with E-state index in [1.54, 1.807) is 25.1 Å². The van der Waals surface area contributed by atoms with Crippen LogP contribution in [0.1, 0.15) is 23.9 Å². The fourth-order valence-corrected chi connectivity index (χ4v) is 1.97. The number of ether oxygens (including phenoxy) is 1. The molecule has 0 unspecified atom stereocenters. The van der Waals surface area contributed by atoms with Gasteiger partial charge in [0.05, 0.1) is 0 Å². The second kappa shape index (κ2) is 5.88. The molecule has 1 aromatic heterocycles. The summed E-state index contributed by atoms with van der Waals surface area (Å²) in [6, 6.07) is 7.17. The second-order valence-electron chi connectivity index (χ2n) is 4.30. The summed E-state index contributed by atoms with van der Waals surface area (Å²) in [5, 5.41) is 8.12. The minimum Gasteiger partial charge on any atom is -0.424 e. The van der Waals surface area contributed by atoms with Crippen molar-refractivity contribution in [2.75, 3.05) is 0 Å². The molecule has 20 heavy (non-hydrogen) atoms. The number of hydrogen-bond acceptors (Lipinski definition) is 4. The molecule has 0 saturated carbocycles. The molecule has 1 heterocycles. The Morgan fingerprint density at radius 2 is 2.10 bits per heavy atom. The Morgan fingerprint density at radius 1 is 1.35 bits per heavy atom. The highest BCUT2D eigenvalue weighted by Gasteiger charge is 2.08. The molecule has 0 atom stereocenters. The van der Waals surface area contributed by atoms with Gasteiger partial charge in [0, 0.05) is 10.7 Å². The number of nitrogens with zero attached hydrogens (tertiary/aromatic N) is 2. The van der Waals surface area contributed by atoms with Gasteiger partial charge in [-0.1, -0.05) is 18.5 Å². The molecule has 2 aromatic rings. The van der Waals surface area contributed by atoms with E-state index in [2.05, 4.69) is 9.97 Å². The Bertz CT molecular complexity index is 658. The van der Waals surface area contributed by atoms with Gasteiger partial charge in [-0.15, -0.1) is 0 Å². The third-order valence-corrected chi connectivity index (χ3v) is 3.09. The third-order valence-electron chi connectivity index (χ3n) is 2.72. The van der Waals surface area contributed by atoms with Crippen LogP contribution in [0.2, 0.25) is 5.02 Å². The smallest absolute Gasteiger partial charge is 0.322 e. The summed E-state index contributed by atoms with van der Waals surface area (Å²) in [5.74, 6) is 0.483. The van der Waals surface area contributed by atoms with E-state index in [-0.39, 0.29) is 11.8 Å². The third kappa shape index (κ3) is 3.24. The number of hydrogen-bond donors (Lipinski definition) is 2. The normalized spacial score (nSPS) is 10.3. The summed E-state index contributed by atoms with van der Waals surface area (Å²) in [6.45, 7) is 3.81. The molecule has 0 spiro atoms. The fraction of sp³-hybridized carbons (Fsp3) is 0.214. The Morgan fingerprint density at radius 3 is 2.75 bits per heavy atom. The molecule has 3 N–H and O–H groups in total. The van der Waals surface area contributed by atoms with Crippen molar-refractivity contribution in [1.29, 1.82) is 5.41 Å². The highest BCUT2D eigenvalue weighted by molar-refractivity contribution is 6.31. The number of aryl methyl sites for hydroxylation is 2. The maximum Gasteiger partial charge on any atom is 0.322 e. The molecular formula is C14H15ClN4O. The number of halogens is 1. The number of nitrogen functional groups attached to an aromatic ring is 1. The monoisotopic (exact) mass is 290 g/mol. The predicted octanol–water partition coefficient (Wildman–Crippen LogP) is 3.08. The van der Waals surface area contributed by atoms with Crippen LogP contribution in [0.5, 0.6) is 11.8 Å². The lowest BCUT2D eigenvalue weighted by molar-refractivity contribution is 0.439. The lowest BCUT2D eigenvalue weighted by Gasteiger charge is -2.08. The zero-order valence-electron chi connectivity index (χ0n) is 11.3. The average Bonchev–Trinajstić information content (AvgIpc) is 2.40. The zero-order valence-corrected chi connectivity index (χ0v) is 12.0. The number of nitrogens with one attached hydrogen (secondary N) is 1. The Hall–Kier alpha value is -2.14. The zero-order chi connectivity index (χ0) is 14.7. The van der Waals surface area contributed by atoms with Crippen molar-refractivity contribution < 1.29 is 4.74 Å². The van der Waals surface area contributed by atoms with E-state index in [4.69, 9.17) is 27.5 Å². The highest BCUT2D eigenvalue weighted by atomic mass is 35.5. The van der Waals surface area contributed by atoms with Gasteiger partial charge in [-0.05, 0) is 43.2 Å². The van der Waals surface area contributed by atoms with E-state index in [0.29, 0.717) is 22.2 Å². The van der Waals surface area contributed by atoms with E-state index >= 15 is 0 Å². The molecule has 0 radical (unpaired) electrons. The molecule has 0 saturated heterocycles. The molecule has 0 amide bonds. The van der Waals surface area contributed by atoms with E-state index in [1.165, 1.54) is 0 Å². The van der Waals surface area contributed by atoms with Gasteiger partial charge in [0.1, 0.15) is 17.3 Å². The van der Waals surface area contributed by atoms with Gasteiger partial charge in [-0.3, -0.25) is 5.41 Å². The number of nitrogens with two attached hydrogens (primary N) is 1. The van der Waals surface area contributed by atoms with E-state index in [1.807, 2.05) is 13.0 Å². The van der Waals surface area contributed by atoms with Crippen LogP contribution in [-0.2, 0) is 6.42 Å². The molecule has 5 nitrogen and oxygen atoms in total. The SMILES string of the molecule is CCc1cc(Oc2nc(C)cc(C(=N)N)n2)ccc1Cl. The summed E-state index contributed by atoms with van der Waals surface area (Å²) in [6.07, 6.45) is 0.809. The van der Waals surface area contributed by atoms with Crippen molar-refractivity contribution >= 4 is 17.4 Å². The second-order valence-corrected chi connectivity index (χ2v) is 4.71. The van der Waals surface area contributed by atoms with Crippen LogP contribution in [0.25, 0.3) is 0 Å². The number of rotatable bonds is 4. The van der Waals surface area contributed by atoms with Gasteiger partial charge in [0.25, 0.3) is 0 Å². The average molecular weight is 291 g/mol. The van der Waals surface area contributed by atoms with Crippen LogP contribution in [0.3, 0.4) is 0 Å². The summed E-state index contributed by atoms with van der Waals surface area (Å²) in [5.41, 5.74) is 7.45. The number of aromatic nitrogens is 2. The molecular weight excluding hydrogens is 276 g/mol. The van der Waals surface area contributed by atoms with Crippen molar-refractivity contribution in [3.05, 3.63) is 46.2 Å². The minimum atomic E-state index is -0.120. The van der Waals surface area contributed by atoms with Crippen molar-refractivity contribution in [2.45, 2.75) is 20.3 Å². The first-order valence-corrected chi connectivity index (χ1v) is 6.53. The lowest BCUT2D eigenvalue weighted by atomic mass is 10.1. The van der Waals surface area contributed by atoms with Crippen LogP contribution in [0.15, 0.2) is 24.3 Å². The van der Waals surface area contributed by atoms with Gasteiger partial charge in [0.15, 0.2) is 0 Å². The molecule has 1 aromatic carbocycles. The first-order chi connectivity index (χ1) is 9.49. The summed E-state index contributed by atoms with van der Waals surface area (Å²) < 4.78 is 5.61. The molecule has 0 fully saturated rings. The van der Waals surface area contributed by atoms with Crippen LogP contribution in [0.4, 0.5) is 0 Å². The predicted molar refractivity (Wildman–Crippen MR) is 78.7 cm³/mol. The van der Waals surface area contributed by atoms with Crippen LogP contribution >= 0.6 is 11.6 Å². The van der Waals surface area contributed by atoms with Gasteiger partial charge >= 0.3 is 6.01 Å².